The fraction of sp³-hybridized carbons (Fsp3) is 0.455. The molecule has 1 nitrogen and oxygen atoms in total. The van der Waals surface area contributed by atoms with Crippen LogP contribution in [0.1, 0.15) is 19.4 Å². The first-order chi connectivity index (χ1) is 6.83. The topological polar surface area (TPSA) is 26.0 Å². The largest absolute Gasteiger partial charge is 0.330 e. The summed E-state index contributed by atoms with van der Waals surface area (Å²) in [5.74, 6) is -2.94. The van der Waals surface area contributed by atoms with E-state index in [1.54, 1.807) is 18.2 Å². The molecule has 0 aromatic heterocycles. The molecule has 0 fully saturated rings. The zero-order chi connectivity index (χ0) is 11.7. The highest BCUT2D eigenvalue weighted by atomic mass is 79.9. The summed E-state index contributed by atoms with van der Waals surface area (Å²) in [6.07, 6.45) is 0. The van der Waals surface area contributed by atoms with Gasteiger partial charge in [-0.15, -0.1) is 0 Å². The van der Waals surface area contributed by atoms with Crippen LogP contribution in [0.25, 0.3) is 0 Å². The van der Waals surface area contributed by atoms with E-state index in [1.165, 1.54) is 19.9 Å². The van der Waals surface area contributed by atoms with Crippen molar-refractivity contribution in [3.63, 3.8) is 0 Å². The summed E-state index contributed by atoms with van der Waals surface area (Å²) in [7, 11) is 0. The maximum atomic E-state index is 14.1. The second kappa shape index (κ2) is 4.18. The average Bonchev–Trinajstić information content (AvgIpc) is 2.18. The second-order valence-corrected chi connectivity index (χ2v) is 5.00. The summed E-state index contributed by atoms with van der Waals surface area (Å²) in [5.41, 5.74) is 4.12. The van der Waals surface area contributed by atoms with Crippen LogP contribution in [0, 0.1) is 5.41 Å². The highest BCUT2D eigenvalue weighted by Gasteiger charge is 2.48. The summed E-state index contributed by atoms with van der Waals surface area (Å²) in [6.45, 7) is 2.86. The molecule has 0 spiro atoms. The fourth-order valence-electron chi connectivity index (χ4n) is 1.21. The van der Waals surface area contributed by atoms with Crippen LogP contribution < -0.4 is 5.73 Å². The van der Waals surface area contributed by atoms with E-state index in [9.17, 15) is 8.78 Å². The molecular formula is C11H14BrF2N. The maximum Gasteiger partial charge on any atom is 0.280 e. The van der Waals surface area contributed by atoms with Crippen LogP contribution >= 0.6 is 15.9 Å². The lowest BCUT2D eigenvalue weighted by Gasteiger charge is -2.33. The van der Waals surface area contributed by atoms with Crippen molar-refractivity contribution in [2.75, 3.05) is 6.54 Å². The van der Waals surface area contributed by atoms with Gasteiger partial charge in [0.25, 0.3) is 5.92 Å². The number of benzene rings is 1. The Balaban J connectivity index is 3.22. The molecule has 0 amide bonds. The number of halogens is 3. The normalized spacial score (nSPS) is 12.9. The third-order valence-electron chi connectivity index (χ3n) is 2.57. The van der Waals surface area contributed by atoms with Crippen LogP contribution in [0.2, 0.25) is 0 Å². The Kier molecular flexibility index (Phi) is 3.51. The van der Waals surface area contributed by atoms with Gasteiger partial charge in [-0.2, -0.15) is 0 Å². The maximum absolute atomic E-state index is 14.1. The zero-order valence-electron chi connectivity index (χ0n) is 8.73. The summed E-state index contributed by atoms with van der Waals surface area (Å²) in [5, 5.41) is 0. The summed E-state index contributed by atoms with van der Waals surface area (Å²) in [4.78, 5) is 0. The zero-order valence-corrected chi connectivity index (χ0v) is 10.3. The van der Waals surface area contributed by atoms with E-state index in [2.05, 4.69) is 15.9 Å². The SMILES string of the molecule is CC(C)(CN)C(F)(F)c1ccccc1Br. The predicted octanol–water partition coefficient (Wildman–Crippen LogP) is 3.53. The van der Waals surface area contributed by atoms with Crippen molar-refractivity contribution in [1.82, 2.24) is 0 Å². The number of hydrogen-bond donors (Lipinski definition) is 1. The third kappa shape index (κ3) is 2.21. The quantitative estimate of drug-likeness (QED) is 0.899. The van der Waals surface area contributed by atoms with Gasteiger partial charge in [0.15, 0.2) is 0 Å². The Morgan fingerprint density at radius 3 is 2.27 bits per heavy atom. The molecule has 0 heterocycles. The molecule has 1 aromatic carbocycles. The minimum atomic E-state index is -2.94. The van der Waals surface area contributed by atoms with Crippen LogP contribution in [-0.2, 0) is 5.92 Å². The van der Waals surface area contributed by atoms with Crippen LogP contribution in [0.5, 0.6) is 0 Å². The standard InChI is InChI=1S/C11H14BrF2N/c1-10(2,7-15)11(13,14)8-5-3-4-6-9(8)12/h3-6H,7,15H2,1-2H3. The first-order valence-corrected chi connectivity index (χ1v) is 5.45. The van der Waals surface area contributed by atoms with E-state index < -0.39 is 11.3 Å². The monoisotopic (exact) mass is 277 g/mol. The molecule has 0 aliphatic rings. The molecule has 0 radical (unpaired) electrons. The summed E-state index contributed by atoms with van der Waals surface area (Å²) in [6, 6.07) is 6.33. The van der Waals surface area contributed by atoms with Crippen molar-refractivity contribution in [3.05, 3.63) is 34.3 Å². The van der Waals surface area contributed by atoms with Crippen molar-refractivity contribution in [1.29, 1.82) is 0 Å². The Morgan fingerprint density at radius 2 is 1.80 bits per heavy atom. The molecule has 0 bridgehead atoms. The molecule has 0 aliphatic heterocycles. The summed E-state index contributed by atoms with van der Waals surface area (Å²) >= 11 is 3.13. The molecule has 4 heteroatoms. The van der Waals surface area contributed by atoms with E-state index in [1.807, 2.05) is 0 Å². The Bertz CT molecular complexity index is 350. The third-order valence-corrected chi connectivity index (χ3v) is 3.26. The van der Waals surface area contributed by atoms with Gasteiger partial charge in [-0.05, 0) is 6.07 Å². The van der Waals surface area contributed by atoms with E-state index >= 15 is 0 Å². The van der Waals surface area contributed by atoms with Crippen molar-refractivity contribution in [3.8, 4) is 0 Å². The second-order valence-electron chi connectivity index (χ2n) is 4.14. The molecule has 0 saturated heterocycles. The van der Waals surface area contributed by atoms with Gasteiger partial charge < -0.3 is 5.73 Å². The lowest BCUT2D eigenvalue weighted by molar-refractivity contribution is -0.109. The molecule has 0 atom stereocenters. The van der Waals surface area contributed by atoms with Crippen molar-refractivity contribution < 1.29 is 8.78 Å². The molecule has 15 heavy (non-hydrogen) atoms. The molecule has 0 saturated carbocycles. The fourth-order valence-corrected chi connectivity index (χ4v) is 1.74. The smallest absolute Gasteiger partial charge is 0.280 e. The van der Waals surface area contributed by atoms with E-state index in [-0.39, 0.29) is 12.1 Å². The van der Waals surface area contributed by atoms with Gasteiger partial charge in [0.1, 0.15) is 0 Å². The molecule has 84 valence electrons. The van der Waals surface area contributed by atoms with Gasteiger partial charge in [0.2, 0.25) is 0 Å². The van der Waals surface area contributed by atoms with Crippen LogP contribution in [0.15, 0.2) is 28.7 Å². The number of alkyl halides is 2. The molecule has 1 rings (SSSR count). The molecule has 0 unspecified atom stereocenters. The van der Waals surface area contributed by atoms with Gasteiger partial charge in [-0.1, -0.05) is 48.0 Å². The predicted molar refractivity (Wildman–Crippen MR) is 60.9 cm³/mol. The minimum Gasteiger partial charge on any atom is -0.330 e. The Hall–Kier alpha value is -0.480. The van der Waals surface area contributed by atoms with Gasteiger partial charge in [-0.3, -0.25) is 0 Å². The van der Waals surface area contributed by atoms with Gasteiger partial charge in [-0.25, -0.2) is 8.78 Å². The van der Waals surface area contributed by atoms with Crippen LogP contribution in [-0.4, -0.2) is 6.54 Å². The highest BCUT2D eigenvalue weighted by Crippen LogP contribution is 2.46. The lowest BCUT2D eigenvalue weighted by atomic mass is 9.82. The van der Waals surface area contributed by atoms with Crippen LogP contribution in [0.4, 0.5) is 8.78 Å². The number of rotatable bonds is 3. The molecule has 2 N–H and O–H groups in total. The van der Waals surface area contributed by atoms with E-state index in [0.717, 1.165) is 0 Å². The van der Waals surface area contributed by atoms with Gasteiger partial charge in [0, 0.05) is 22.0 Å². The van der Waals surface area contributed by atoms with Crippen molar-refractivity contribution >= 4 is 15.9 Å². The first-order valence-electron chi connectivity index (χ1n) is 4.66. The Morgan fingerprint density at radius 1 is 1.27 bits per heavy atom. The number of nitrogens with two attached hydrogens (primary N) is 1. The van der Waals surface area contributed by atoms with Crippen molar-refractivity contribution in [2.24, 2.45) is 11.1 Å². The molecule has 1 aromatic rings. The van der Waals surface area contributed by atoms with Crippen molar-refractivity contribution in [2.45, 2.75) is 19.8 Å². The summed E-state index contributed by atoms with van der Waals surface area (Å²) < 4.78 is 28.6. The minimum absolute atomic E-state index is 0.0135. The first kappa shape index (κ1) is 12.6. The molecular weight excluding hydrogens is 264 g/mol. The van der Waals surface area contributed by atoms with E-state index in [0.29, 0.717) is 4.47 Å². The Labute approximate surface area is 96.8 Å². The molecule has 0 aliphatic carbocycles. The van der Waals surface area contributed by atoms with E-state index in [4.69, 9.17) is 5.73 Å². The van der Waals surface area contributed by atoms with Gasteiger partial charge in [0.05, 0.1) is 0 Å². The lowest BCUT2D eigenvalue weighted by Crippen LogP contribution is -2.40. The highest BCUT2D eigenvalue weighted by molar-refractivity contribution is 9.10. The van der Waals surface area contributed by atoms with Crippen LogP contribution in [0.3, 0.4) is 0 Å². The van der Waals surface area contributed by atoms with Gasteiger partial charge >= 0.3 is 0 Å². The average molecular weight is 278 g/mol. The number of hydrogen-bond acceptors (Lipinski definition) is 1.